The molecule has 3 atom stereocenters. The summed E-state index contributed by atoms with van der Waals surface area (Å²) in [6.07, 6.45) is 3.64. The SMILES string of the molecule is CCc1nc(C(C)NC(=O)C2CCC(N)C2)cs1. The van der Waals surface area contributed by atoms with Crippen LogP contribution in [-0.2, 0) is 11.2 Å². The number of aryl methyl sites for hydroxylation is 1. The monoisotopic (exact) mass is 267 g/mol. The first-order valence-corrected chi connectivity index (χ1v) is 7.48. The number of rotatable bonds is 4. The van der Waals surface area contributed by atoms with Crippen molar-refractivity contribution in [2.75, 3.05) is 0 Å². The standard InChI is InChI=1S/C13H21N3OS/c1-3-12-16-11(7-18-12)8(2)15-13(17)9-4-5-10(14)6-9/h7-10H,3-6,14H2,1-2H3,(H,15,17). The van der Waals surface area contributed by atoms with Crippen LogP contribution in [0.5, 0.6) is 0 Å². The van der Waals surface area contributed by atoms with Crippen LogP contribution in [0.25, 0.3) is 0 Å². The normalized spacial score (nSPS) is 25.1. The van der Waals surface area contributed by atoms with E-state index in [0.717, 1.165) is 36.4 Å². The Kier molecular flexibility index (Phi) is 4.35. The van der Waals surface area contributed by atoms with Gasteiger partial charge in [-0.3, -0.25) is 4.79 Å². The quantitative estimate of drug-likeness (QED) is 0.877. The van der Waals surface area contributed by atoms with Crippen LogP contribution in [0.2, 0.25) is 0 Å². The second-order valence-electron chi connectivity index (χ2n) is 5.02. The third-order valence-electron chi connectivity index (χ3n) is 3.52. The Bertz CT molecular complexity index is 418. The molecular formula is C13H21N3OS. The van der Waals surface area contributed by atoms with Crippen LogP contribution < -0.4 is 11.1 Å². The van der Waals surface area contributed by atoms with Crippen LogP contribution >= 0.6 is 11.3 Å². The molecule has 1 fully saturated rings. The molecule has 1 aromatic rings. The number of carbonyl (C=O) groups excluding carboxylic acids is 1. The van der Waals surface area contributed by atoms with Gasteiger partial charge in [0.05, 0.1) is 16.7 Å². The third-order valence-corrected chi connectivity index (χ3v) is 4.53. The molecule has 0 spiro atoms. The predicted molar refractivity (Wildman–Crippen MR) is 73.4 cm³/mol. The Morgan fingerprint density at radius 3 is 3.00 bits per heavy atom. The van der Waals surface area contributed by atoms with E-state index in [4.69, 9.17) is 5.73 Å². The molecule has 1 amide bonds. The van der Waals surface area contributed by atoms with Gasteiger partial charge in [0.2, 0.25) is 5.91 Å². The van der Waals surface area contributed by atoms with Gasteiger partial charge in [0.1, 0.15) is 0 Å². The van der Waals surface area contributed by atoms with Crippen molar-refractivity contribution in [1.29, 1.82) is 0 Å². The molecule has 3 N–H and O–H groups in total. The maximum absolute atomic E-state index is 12.1. The lowest BCUT2D eigenvalue weighted by molar-refractivity contribution is -0.125. The van der Waals surface area contributed by atoms with E-state index in [1.165, 1.54) is 0 Å². The molecule has 3 unspecified atom stereocenters. The van der Waals surface area contributed by atoms with Gasteiger partial charge >= 0.3 is 0 Å². The van der Waals surface area contributed by atoms with E-state index in [1.54, 1.807) is 11.3 Å². The van der Waals surface area contributed by atoms with Crippen LogP contribution in [0.3, 0.4) is 0 Å². The van der Waals surface area contributed by atoms with Crippen molar-refractivity contribution in [3.8, 4) is 0 Å². The molecule has 0 aromatic carbocycles. The molecule has 1 heterocycles. The molecule has 1 saturated carbocycles. The number of amides is 1. The Balaban J connectivity index is 1.90. The van der Waals surface area contributed by atoms with Gasteiger partial charge in [-0.05, 0) is 32.6 Å². The van der Waals surface area contributed by atoms with Crippen LogP contribution in [0, 0.1) is 5.92 Å². The van der Waals surface area contributed by atoms with Gasteiger partial charge in [0, 0.05) is 17.3 Å². The number of nitrogens with two attached hydrogens (primary N) is 1. The largest absolute Gasteiger partial charge is 0.348 e. The van der Waals surface area contributed by atoms with Crippen molar-refractivity contribution in [2.24, 2.45) is 11.7 Å². The zero-order chi connectivity index (χ0) is 13.1. The molecule has 1 aromatic heterocycles. The van der Waals surface area contributed by atoms with E-state index in [1.807, 2.05) is 12.3 Å². The molecule has 1 aliphatic carbocycles. The van der Waals surface area contributed by atoms with Crippen molar-refractivity contribution in [2.45, 2.75) is 51.6 Å². The maximum atomic E-state index is 12.1. The Morgan fingerprint density at radius 1 is 1.67 bits per heavy atom. The lowest BCUT2D eigenvalue weighted by Crippen LogP contribution is -2.32. The smallest absolute Gasteiger partial charge is 0.223 e. The highest BCUT2D eigenvalue weighted by molar-refractivity contribution is 7.09. The van der Waals surface area contributed by atoms with Gasteiger partial charge < -0.3 is 11.1 Å². The van der Waals surface area contributed by atoms with Gasteiger partial charge in [-0.15, -0.1) is 11.3 Å². The molecule has 5 heteroatoms. The molecular weight excluding hydrogens is 246 g/mol. The molecule has 1 aliphatic rings. The highest BCUT2D eigenvalue weighted by Crippen LogP contribution is 2.25. The molecule has 100 valence electrons. The molecule has 2 rings (SSSR count). The highest BCUT2D eigenvalue weighted by atomic mass is 32.1. The number of hydrogen-bond acceptors (Lipinski definition) is 4. The summed E-state index contributed by atoms with van der Waals surface area (Å²) < 4.78 is 0. The summed E-state index contributed by atoms with van der Waals surface area (Å²) in [7, 11) is 0. The number of nitrogens with one attached hydrogen (secondary N) is 1. The second kappa shape index (κ2) is 5.80. The summed E-state index contributed by atoms with van der Waals surface area (Å²) in [5.41, 5.74) is 6.80. The van der Waals surface area contributed by atoms with Gasteiger partial charge in [-0.1, -0.05) is 6.92 Å². The van der Waals surface area contributed by atoms with Crippen LogP contribution in [0.1, 0.15) is 49.9 Å². The van der Waals surface area contributed by atoms with Crippen molar-refractivity contribution in [3.05, 3.63) is 16.1 Å². The topological polar surface area (TPSA) is 68.0 Å². The molecule has 18 heavy (non-hydrogen) atoms. The summed E-state index contributed by atoms with van der Waals surface area (Å²) in [5.74, 6) is 0.216. The van der Waals surface area contributed by atoms with E-state index in [0.29, 0.717) is 0 Å². The minimum Gasteiger partial charge on any atom is -0.348 e. The Morgan fingerprint density at radius 2 is 2.44 bits per heavy atom. The number of carbonyl (C=O) groups is 1. The minimum absolute atomic E-state index is 0.00845. The van der Waals surface area contributed by atoms with Crippen molar-refractivity contribution in [3.63, 3.8) is 0 Å². The fourth-order valence-electron chi connectivity index (χ4n) is 2.35. The van der Waals surface area contributed by atoms with Gasteiger partial charge in [0.25, 0.3) is 0 Å². The number of hydrogen-bond donors (Lipinski definition) is 2. The average Bonchev–Trinajstić information content (AvgIpc) is 2.97. The zero-order valence-corrected chi connectivity index (χ0v) is 11.8. The fourth-order valence-corrected chi connectivity index (χ4v) is 3.18. The lowest BCUT2D eigenvalue weighted by Gasteiger charge is -2.15. The lowest BCUT2D eigenvalue weighted by atomic mass is 10.1. The summed E-state index contributed by atoms with van der Waals surface area (Å²) in [6, 6.07) is 0.188. The van der Waals surface area contributed by atoms with Crippen LogP contribution in [-0.4, -0.2) is 16.9 Å². The molecule has 0 bridgehead atoms. The fraction of sp³-hybridized carbons (Fsp3) is 0.692. The maximum Gasteiger partial charge on any atom is 0.223 e. The first-order valence-electron chi connectivity index (χ1n) is 6.60. The van der Waals surface area contributed by atoms with Gasteiger partial charge in [0.15, 0.2) is 0 Å². The number of aromatic nitrogens is 1. The van der Waals surface area contributed by atoms with E-state index >= 15 is 0 Å². The molecule has 4 nitrogen and oxygen atoms in total. The summed E-state index contributed by atoms with van der Waals surface area (Å²) >= 11 is 1.66. The van der Waals surface area contributed by atoms with E-state index in [2.05, 4.69) is 17.2 Å². The summed E-state index contributed by atoms with van der Waals surface area (Å²) in [5, 5.41) is 6.20. The minimum atomic E-state index is -0.00845. The van der Waals surface area contributed by atoms with Crippen molar-refractivity contribution < 1.29 is 4.79 Å². The average molecular weight is 267 g/mol. The van der Waals surface area contributed by atoms with E-state index in [9.17, 15) is 4.79 Å². The van der Waals surface area contributed by atoms with E-state index < -0.39 is 0 Å². The summed E-state index contributed by atoms with van der Waals surface area (Å²) in [4.78, 5) is 16.6. The number of nitrogens with zero attached hydrogens (tertiary/aromatic N) is 1. The first-order chi connectivity index (χ1) is 8.60. The summed E-state index contributed by atoms with van der Waals surface area (Å²) in [6.45, 7) is 4.08. The van der Waals surface area contributed by atoms with Crippen LogP contribution in [0.4, 0.5) is 0 Å². The van der Waals surface area contributed by atoms with E-state index in [-0.39, 0.29) is 23.9 Å². The highest BCUT2D eigenvalue weighted by Gasteiger charge is 2.28. The Hall–Kier alpha value is -0.940. The van der Waals surface area contributed by atoms with Gasteiger partial charge in [-0.25, -0.2) is 4.98 Å². The predicted octanol–water partition coefficient (Wildman–Crippen LogP) is 2.01. The zero-order valence-electron chi connectivity index (χ0n) is 11.0. The van der Waals surface area contributed by atoms with Crippen LogP contribution in [0.15, 0.2) is 5.38 Å². The molecule has 0 radical (unpaired) electrons. The Labute approximate surface area is 112 Å². The molecule has 0 saturated heterocycles. The van der Waals surface area contributed by atoms with Crippen molar-refractivity contribution >= 4 is 17.2 Å². The van der Waals surface area contributed by atoms with Crippen molar-refractivity contribution in [1.82, 2.24) is 10.3 Å². The third kappa shape index (κ3) is 3.09. The second-order valence-corrected chi connectivity index (χ2v) is 5.96. The first kappa shape index (κ1) is 13.5. The number of thiazole rings is 1. The molecule has 0 aliphatic heterocycles. The van der Waals surface area contributed by atoms with Gasteiger partial charge in [-0.2, -0.15) is 0 Å².